The second kappa shape index (κ2) is 10.8. The van der Waals surface area contributed by atoms with E-state index in [0.717, 1.165) is 63.6 Å². The Labute approximate surface area is 252 Å². The van der Waals surface area contributed by atoms with E-state index in [-0.39, 0.29) is 49.6 Å². The summed E-state index contributed by atoms with van der Waals surface area (Å²) in [5, 5.41) is 13.2. The van der Waals surface area contributed by atoms with Crippen molar-refractivity contribution in [3.05, 3.63) is 64.9 Å². The van der Waals surface area contributed by atoms with Crippen molar-refractivity contribution in [2.24, 2.45) is 18.9 Å². The van der Waals surface area contributed by atoms with Crippen LogP contribution in [0.1, 0.15) is 33.6 Å². The van der Waals surface area contributed by atoms with Crippen molar-refractivity contribution in [2.75, 3.05) is 18.0 Å². The molecule has 1 radical (unpaired) electrons. The number of carbonyl (C=O) groups excluding carboxylic acids is 1. The zero-order valence-electron chi connectivity index (χ0n) is 22.1. The minimum atomic E-state index is -0.0610. The number of aromatic nitrogens is 5. The van der Waals surface area contributed by atoms with Crippen LogP contribution in [0, 0.1) is 49.6 Å². The van der Waals surface area contributed by atoms with Gasteiger partial charge in [-0.15, -0.1) is 5.92 Å². The number of allylic oxidation sites excluding steroid dienone is 2. The molecule has 0 amide bonds. The van der Waals surface area contributed by atoms with Gasteiger partial charge in [-0.1, -0.05) is 30.7 Å². The Morgan fingerprint density at radius 3 is 2.66 bits per heavy atom. The number of nitrogens with zero attached hydrogens (tertiary/aromatic N) is 6. The van der Waals surface area contributed by atoms with E-state index in [0.29, 0.717) is 6.54 Å². The molecule has 0 N–H and O–H groups in total. The second-order valence-electron chi connectivity index (χ2n) is 10.5. The van der Waals surface area contributed by atoms with Crippen molar-refractivity contribution in [2.45, 2.75) is 33.6 Å². The first-order valence-corrected chi connectivity index (χ1v) is 12.9. The summed E-state index contributed by atoms with van der Waals surface area (Å²) in [5.41, 5.74) is 6.44. The summed E-state index contributed by atoms with van der Waals surface area (Å²) in [7, 11) is 1.95. The summed E-state index contributed by atoms with van der Waals surface area (Å²) in [6, 6.07) is 10.4. The van der Waals surface area contributed by atoms with Crippen LogP contribution in [0.15, 0.2) is 54.4 Å². The third-order valence-corrected chi connectivity index (χ3v) is 7.67. The molecule has 1 aliphatic heterocycles. The first-order chi connectivity index (χ1) is 17.9. The Morgan fingerprint density at radius 1 is 1.08 bits per heavy atom. The van der Waals surface area contributed by atoms with Crippen LogP contribution in [0.4, 0.5) is 5.82 Å². The third-order valence-electron chi connectivity index (χ3n) is 7.67. The molecule has 1 fully saturated rings. The summed E-state index contributed by atoms with van der Waals surface area (Å²) >= 11 is 0. The monoisotopic (exact) mass is 656 g/mol. The van der Waals surface area contributed by atoms with Crippen LogP contribution in [0.3, 0.4) is 0 Å². The zero-order chi connectivity index (χ0) is 25.7. The van der Waals surface area contributed by atoms with E-state index in [2.05, 4.69) is 78.3 Å². The predicted octanol–water partition coefficient (Wildman–Crippen LogP) is 3.69. The normalized spacial score (nSPS) is 20.7. The van der Waals surface area contributed by atoms with E-state index in [9.17, 15) is 4.79 Å². The van der Waals surface area contributed by atoms with Crippen molar-refractivity contribution >= 4 is 34.7 Å². The summed E-state index contributed by atoms with van der Waals surface area (Å²) < 4.78 is 3.91. The fourth-order valence-corrected chi connectivity index (χ4v) is 5.65. The van der Waals surface area contributed by atoms with Gasteiger partial charge in [0.25, 0.3) is 0 Å². The summed E-state index contributed by atoms with van der Waals surface area (Å²) in [6.45, 7) is 7.95. The molecule has 6 rings (SSSR count). The van der Waals surface area contributed by atoms with Gasteiger partial charge < -0.3 is 9.69 Å². The maximum absolute atomic E-state index is 11.3. The predicted molar refractivity (Wildman–Crippen MR) is 147 cm³/mol. The van der Waals surface area contributed by atoms with Crippen LogP contribution < -0.4 is 15.5 Å². The molecule has 1 aromatic carbocycles. The number of pyridine rings is 1. The van der Waals surface area contributed by atoms with Crippen LogP contribution in [-0.4, -0.2) is 43.9 Å². The number of hydrogen-bond donors (Lipinski definition) is 0. The molecule has 4 heterocycles. The van der Waals surface area contributed by atoms with Crippen LogP contribution >= 0.6 is 0 Å². The Kier molecular flexibility index (Phi) is 7.63. The number of fused-ring (bicyclic) bond motifs is 2. The quantitative estimate of drug-likeness (QED) is 0.248. The van der Waals surface area contributed by atoms with Crippen LogP contribution in [0.2, 0.25) is 0 Å². The molecule has 0 saturated carbocycles. The molecule has 1 aliphatic carbocycles. The van der Waals surface area contributed by atoms with E-state index in [1.807, 2.05) is 30.1 Å². The molecule has 38 heavy (non-hydrogen) atoms. The van der Waals surface area contributed by atoms with Gasteiger partial charge in [-0.2, -0.15) is 10.2 Å². The van der Waals surface area contributed by atoms with Crippen LogP contribution in [0.25, 0.3) is 39.5 Å². The summed E-state index contributed by atoms with van der Waals surface area (Å²) in [4.78, 5) is 18.3. The zero-order valence-corrected chi connectivity index (χ0v) is 24.0. The van der Waals surface area contributed by atoms with Crippen molar-refractivity contribution < 1.29 is 42.5 Å². The van der Waals surface area contributed by atoms with Crippen molar-refractivity contribution in [3.63, 3.8) is 0 Å². The number of hydrogen-bond acceptors (Lipinski definition) is 5. The van der Waals surface area contributed by atoms with E-state index < -0.39 is 0 Å². The fraction of sp³-hybridized carbons (Fsp3) is 0.333. The van der Waals surface area contributed by atoms with Gasteiger partial charge in [-0.05, 0) is 69.0 Å². The first-order valence-electron chi connectivity index (χ1n) is 12.9. The van der Waals surface area contributed by atoms with Crippen LogP contribution in [-0.2, 0) is 11.8 Å². The average molecular weight is 657 g/mol. The molecular weight excluding hydrogens is 625 g/mol. The number of aryl methyl sites for hydroxylation is 1. The van der Waals surface area contributed by atoms with Gasteiger partial charge in [-0.25, -0.2) is 9.67 Å². The van der Waals surface area contributed by atoms with E-state index in [1.54, 1.807) is 0 Å². The maximum Gasteiger partial charge on any atom is 0.128 e. The van der Waals surface area contributed by atoms with Gasteiger partial charge >= 0.3 is 0 Å². The van der Waals surface area contributed by atoms with E-state index in [4.69, 9.17) is 10.1 Å². The molecule has 1 saturated heterocycles. The van der Waals surface area contributed by atoms with Crippen LogP contribution in [0.5, 0.6) is 0 Å². The Bertz CT molecular complexity index is 1660. The van der Waals surface area contributed by atoms with Crippen molar-refractivity contribution in [3.8, 4) is 16.9 Å². The van der Waals surface area contributed by atoms with E-state index in [1.165, 1.54) is 11.1 Å². The molecule has 2 atom stereocenters. The molecule has 3 aromatic heterocycles. The molecule has 0 bridgehead atoms. The third kappa shape index (κ3) is 4.76. The Balaban J connectivity index is 0.00000294. The molecule has 2 unspecified atom stereocenters. The first kappa shape index (κ1) is 26.9. The summed E-state index contributed by atoms with van der Waals surface area (Å²) in [6.07, 6.45) is 12.7. The van der Waals surface area contributed by atoms with Gasteiger partial charge in [0.05, 0.1) is 22.8 Å². The minimum absolute atomic E-state index is 0. The fourth-order valence-electron chi connectivity index (χ4n) is 5.65. The number of rotatable bonds is 4. The smallest absolute Gasteiger partial charge is 0.128 e. The topological polar surface area (TPSA) is 68.8 Å². The van der Waals surface area contributed by atoms with Gasteiger partial charge in [0.15, 0.2) is 0 Å². The van der Waals surface area contributed by atoms with E-state index >= 15 is 0 Å². The minimum Gasteiger partial charge on any atom is -0.541 e. The molecule has 2 aliphatic rings. The van der Waals surface area contributed by atoms with Gasteiger partial charge in [0.2, 0.25) is 0 Å². The number of anilines is 1. The number of benzene rings is 1. The molecular formula is C30H31HoN6O-. The van der Waals surface area contributed by atoms with Gasteiger partial charge in [-0.3, -0.25) is 11.0 Å². The van der Waals surface area contributed by atoms with Gasteiger partial charge in [0.1, 0.15) is 11.5 Å². The Hall–Kier alpha value is -2.74. The molecule has 0 spiro atoms. The Morgan fingerprint density at radius 2 is 1.92 bits per heavy atom. The maximum atomic E-state index is 11.3. The summed E-state index contributed by atoms with van der Waals surface area (Å²) in [5.74, 6) is 1.11. The van der Waals surface area contributed by atoms with Crippen molar-refractivity contribution in [1.82, 2.24) is 24.5 Å². The average Bonchev–Trinajstić information content (AvgIpc) is 3.56. The largest absolute Gasteiger partial charge is 0.541 e. The van der Waals surface area contributed by atoms with Crippen molar-refractivity contribution in [1.29, 1.82) is 0 Å². The molecule has 8 heteroatoms. The molecule has 199 valence electrons. The molecule has 7 nitrogen and oxygen atoms in total. The van der Waals surface area contributed by atoms with Gasteiger partial charge in [0, 0.05) is 73.7 Å². The standard InChI is InChI=1S/C30H31N6O.Ho/c1-19-7-5-8-20(2)30-25(13-19)29(24-9-6-10-27-26(24)17-34(4)32-27)33-36(30)23-11-12-28(31-14-23)35-15-21(3)22(16-35)18-37;/h6-7,9-14,17,21-22H,5,8,15-16H2,1-4H3;/q-1;/b19-7?,25-13?,30-20+;. The molecule has 4 aromatic rings. The second-order valence-corrected chi connectivity index (χ2v) is 10.5. The SMILES string of the molecule is CC1=CCC/C(C)=c2\c(c(-c3cccc4nn(C)cc34)nn2-c2ccc(N3CC(C)C([C-]=O)C3)nc2)=C1.[Ho].